The molecule has 0 atom stereocenters. The number of amides is 2. The first kappa shape index (κ1) is 18.6. The molecule has 2 heterocycles. The van der Waals surface area contributed by atoms with Crippen molar-refractivity contribution >= 4 is 23.2 Å². The minimum atomic E-state index is 0.122. The number of carbonyl (C=O) groups is 2. The number of hydrogen-bond acceptors (Lipinski definition) is 3. The molecule has 2 amide bonds. The van der Waals surface area contributed by atoms with Gasteiger partial charge >= 0.3 is 0 Å². The van der Waals surface area contributed by atoms with E-state index in [1.807, 2.05) is 53.6 Å². The van der Waals surface area contributed by atoms with Crippen molar-refractivity contribution in [3.05, 3.63) is 57.8 Å². The van der Waals surface area contributed by atoms with E-state index in [2.05, 4.69) is 5.32 Å². The summed E-state index contributed by atoms with van der Waals surface area (Å²) < 4.78 is 0. The lowest BCUT2D eigenvalue weighted by molar-refractivity contribution is -0.121. The van der Waals surface area contributed by atoms with Crippen molar-refractivity contribution < 1.29 is 9.59 Å². The highest BCUT2D eigenvalue weighted by molar-refractivity contribution is 7.09. The van der Waals surface area contributed by atoms with Crippen molar-refractivity contribution in [3.8, 4) is 0 Å². The van der Waals surface area contributed by atoms with Crippen LogP contribution in [0.3, 0.4) is 0 Å². The second kappa shape index (κ2) is 8.99. The zero-order chi connectivity index (χ0) is 18.4. The van der Waals surface area contributed by atoms with Crippen LogP contribution in [-0.4, -0.2) is 29.8 Å². The normalized spacial score (nSPS) is 15.0. The summed E-state index contributed by atoms with van der Waals surface area (Å²) in [6.45, 7) is 4.22. The number of rotatable bonds is 6. The van der Waals surface area contributed by atoms with Gasteiger partial charge in [-0.15, -0.1) is 11.3 Å². The van der Waals surface area contributed by atoms with Gasteiger partial charge in [0.15, 0.2) is 0 Å². The molecule has 138 valence electrons. The van der Waals surface area contributed by atoms with Gasteiger partial charge in [-0.25, -0.2) is 0 Å². The lowest BCUT2D eigenvalue weighted by Gasteiger charge is -2.32. The van der Waals surface area contributed by atoms with Crippen LogP contribution in [0.1, 0.15) is 46.5 Å². The number of nitrogens with zero attached hydrogens (tertiary/aromatic N) is 1. The molecule has 5 heteroatoms. The lowest BCUT2D eigenvalue weighted by Crippen LogP contribution is -2.38. The van der Waals surface area contributed by atoms with E-state index in [0.717, 1.165) is 43.5 Å². The average molecular weight is 371 g/mol. The van der Waals surface area contributed by atoms with Crippen molar-refractivity contribution in [2.75, 3.05) is 13.1 Å². The van der Waals surface area contributed by atoms with Crippen LogP contribution in [0.5, 0.6) is 0 Å². The Bertz CT molecular complexity index is 717. The Kier molecular flexibility index (Phi) is 6.45. The van der Waals surface area contributed by atoms with Crippen LogP contribution >= 0.6 is 11.3 Å². The first-order chi connectivity index (χ1) is 12.6. The van der Waals surface area contributed by atoms with Gasteiger partial charge in [0.2, 0.25) is 5.91 Å². The maximum Gasteiger partial charge on any atom is 0.253 e. The first-order valence-corrected chi connectivity index (χ1v) is 10.1. The molecule has 0 spiro atoms. The fraction of sp³-hybridized carbons (Fsp3) is 0.429. The first-order valence-electron chi connectivity index (χ1n) is 9.27. The Balaban J connectivity index is 1.37. The maximum absolute atomic E-state index is 12.5. The predicted octanol–water partition coefficient (Wildman–Crippen LogP) is 4.01. The van der Waals surface area contributed by atoms with Crippen LogP contribution in [0, 0.1) is 12.8 Å². The summed E-state index contributed by atoms with van der Waals surface area (Å²) in [5, 5.41) is 5.01. The molecule has 0 unspecified atom stereocenters. The number of benzene rings is 1. The van der Waals surface area contributed by atoms with Gasteiger partial charge in [0.05, 0.1) is 6.54 Å². The van der Waals surface area contributed by atoms with Crippen molar-refractivity contribution in [2.24, 2.45) is 5.92 Å². The quantitative estimate of drug-likeness (QED) is 0.835. The van der Waals surface area contributed by atoms with Crippen LogP contribution in [0.15, 0.2) is 41.8 Å². The third-order valence-electron chi connectivity index (χ3n) is 5.02. The van der Waals surface area contributed by atoms with Crippen LogP contribution < -0.4 is 5.32 Å². The van der Waals surface area contributed by atoms with Gasteiger partial charge in [-0.2, -0.15) is 0 Å². The van der Waals surface area contributed by atoms with Gasteiger partial charge in [-0.3, -0.25) is 9.59 Å². The molecular formula is C21H26N2O2S. The minimum Gasteiger partial charge on any atom is -0.351 e. The summed E-state index contributed by atoms with van der Waals surface area (Å²) in [6, 6.07) is 11.8. The molecule has 0 bridgehead atoms. The summed E-state index contributed by atoms with van der Waals surface area (Å²) in [5.74, 6) is 0.776. The largest absolute Gasteiger partial charge is 0.351 e. The number of nitrogens with one attached hydrogen (secondary N) is 1. The van der Waals surface area contributed by atoms with Crippen LogP contribution in [0.25, 0.3) is 0 Å². The van der Waals surface area contributed by atoms with Crippen molar-refractivity contribution in [1.82, 2.24) is 10.2 Å². The molecule has 1 aromatic carbocycles. The Labute approximate surface area is 159 Å². The molecule has 2 aromatic rings. The molecule has 1 aliphatic heterocycles. The summed E-state index contributed by atoms with van der Waals surface area (Å²) in [4.78, 5) is 27.7. The Morgan fingerprint density at radius 1 is 1.15 bits per heavy atom. The standard InChI is InChI=1S/C21H26N2O2S/c1-16-4-7-18(8-5-16)21(25)23-12-10-17(11-13-23)6-9-20(24)22-15-19-3-2-14-26-19/h2-5,7-8,14,17H,6,9-13,15H2,1H3,(H,22,24). The second-order valence-electron chi connectivity index (χ2n) is 7.00. The molecule has 1 aromatic heterocycles. The van der Waals surface area contributed by atoms with Crippen LogP contribution in [0.4, 0.5) is 0 Å². The zero-order valence-corrected chi connectivity index (χ0v) is 16.1. The maximum atomic E-state index is 12.5. The van der Waals surface area contributed by atoms with Gasteiger partial charge in [0, 0.05) is 30.0 Å². The number of piperidine rings is 1. The van der Waals surface area contributed by atoms with Crippen LogP contribution in [0.2, 0.25) is 0 Å². The zero-order valence-electron chi connectivity index (χ0n) is 15.2. The third kappa shape index (κ3) is 5.18. The molecule has 0 saturated carbocycles. The fourth-order valence-electron chi connectivity index (χ4n) is 3.33. The van der Waals surface area contributed by atoms with Gasteiger partial charge in [0.25, 0.3) is 5.91 Å². The second-order valence-corrected chi connectivity index (χ2v) is 8.03. The molecule has 0 aliphatic carbocycles. The van der Waals surface area contributed by atoms with E-state index < -0.39 is 0 Å². The van der Waals surface area contributed by atoms with E-state index in [0.29, 0.717) is 18.9 Å². The topological polar surface area (TPSA) is 49.4 Å². The highest BCUT2D eigenvalue weighted by Crippen LogP contribution is 2.23. The third-order valence-corrected chi connectivity index (χ3v) is 5.90. The van der Waals surface area contributed by atoms with Crippen molar-refractivity contribution in [2.45, 2.75) is 39.2 Å². The smallest absolute Gasteiger partial charge is 0.253 e. The van der Waals surface area contributed by atoms with Crippen molar-refractivity contribution in [1.29, 1.82) is 0 Å². The SMILES string of the molecule is Cc1ccc(C(=O)N2CCC(CCC(=O)NCc3cccs3)CC2)cc1. The van der Waals surface area contributed by atoms with E-state index in [9.17, 15) is 9.59 Å². The summed E-state index contributed by atoms with van der Waals surface area (Å²) in [6.07, 6.45) is 3.44. The Hall–Kier alpha value is -2.14. The van der Waals surface area contributed by atoms with E-state index in [4.69, 9.17) is 0 Å². The number of likely N-dealkylation sites (tertiary alicyclic amines) is 1. The number of aryl methyl sites for hydroxylation is 1. The lowest BCUT2D eigenvalue weighted by atomic mass is 9.91. The number of hydrogen-bond donors (Lipinski definition) is 1. The van der Waals surface area contributed by atoms with E-state index in [1.165, 1.54) is 4.88 Å². The summed E-state index contributed by atoms with van der Waals surface area (Å²) >= 11 is 1.66. The molecule has 26 heavy (non-hydrogen) atoms. The summed E-state index contributed by atoms with van der Waals surface area (Å²) in [5.41, 5.74) is 1.93. The Morgan fingerprint density at radius 2 is 1.88 bits per heavy atom. The minimum absolute atomic E-state index is 0.122. The highest BCUT2D eigenvalue weighted by Gasteiger charge is 2.23. The van der Waals surface area contributed by atoms with Gasteiger partial charge in [0.1, 0.15) is 0 Å². The molecular weight excluding hydrogens is 344 g/mol. The van der Waals surface area contributed by atoms with Gasteiger partial charge in [-0.1, -0.05) is 23.8 Å². The van der Waals surface area contributed by atoms with Crippen LogP contribution in [-0.2, 0) is 11.3 Å². The van der Waals surface area contributed by atoms with Crippen molar-refractivity contribution in [3.63, 3.8) is 0 Å². The van der Waals surface area contributed by atoms with Gasteiger partial charge < -0.3 is 10.2 Å². The monoisotopic (exact) mass is 370 g/mol. The van der Waals surface area contributed by atoms with E-state index in [-0.39, 0.29) is 11.8 Å². The highest BCUT2D eigenvalue weighted by atomic mass is 32.1. The average Bonchev–Trinajstić information content (AvgIpc) is 3.19. The molecule has 1 N–H and O–H groups in total. The molecule has 1 saturated heterocycles. The molecule has 4 nitrogen and oxygen atoms in total. The molecule has 1 aliphatic rings. The van der Waals surface area contributed by atoms with Gasteiger partial charge in [-0.05, 0) is 55.7 Å². The summed E-state index contributed by atoms with van der Waals surface area (Å²) in [7, 11) is 0. The predicted molar refractivity (Wildman–Crippen MR) is 105 cm³/mol. The van der Waals surface area contributed by atoms with E-state index >= 15 is 0 Å². The molecule has 0 radical (unpaired) electrons. The van der Waals surface area contributed by atoms with E-state index in [1.54, 1.807) is 11.3 Å². The number of thiophene rings is 1. The molecule has 1 fully saturated rings. The fourth-order valence-corrected chi connectivity index (χ4v) is 3.97. The Morgan fingerprint density at radius 3 is 2.54 bits per heavy atom. The molecule has 3 rings (SSSR count). The number of carbonyl (C=O) groups excluding carboxylic acids is 2.